The van der Waals surface area contributed by atoms with Gasteiger partial charge in [0.25, 0.3) is 10.0 Å². The maximum absolute atomic E-state index is 12.7. The lowest BCUT2D eigenvalue weighted by Gasteiger charge is -2.25. The highest BCUT2D eigenvalue weighted by atomic mass is 35.5. The number of ether oxygens (including phenoxy) is 1. The molecule has 1 unspecified atom stereocenters. The van der Waals surface area contributed by atoms with Gasteiger partial charge in [0, 0.05) is 23.0 Å². The second-order valence-corrected chi connectivity index (χ2v) is 10.3. The molecule has 2 amide bonds. The predicted molar refractivity (Wildman–Crippen MR) is 114 cm³/mol. The summed E-state index contributed by atoms with van der Waals surface area (Å²) < 4.78 is 32.3. The van der Waals surface area contributed by atoms with Gasteiger partial charge in [-0.1, -0.05) is 30.7 Å². The van der Waals surface area contributed by atoms with Crippen LogP contribution in [0.5, 0.6) is 0 Å². The van der Waals surface area contributed by atoms with E-state index in [2.05, 4.69) is 10.6 Å². The summed E-state index contributed by atoms with van der Waals surface area (Å²) in [5, 5.41) is 6.37. The number of sulfonamides is 1. The lowest BCUT2D eigenvalue weighted by molar-refractivity contribution is 0.0731. The summed E-state index contributed by atoms with van der Waals surface area (Å²) in [6.45, 7) is 3.78. The Morgan fingerprint density at radius 1 is 1.21 bits per heavy atom. The van der Waals surface area contributed by atoms with Gasteiger partial charge in [-0.25, -0.2) is 13.2 Å². The molecule has 29 heavy (non-hydrogen) atoms. The van der Waals surface area contributed by atoms with E-state index in [1.54, 1.807) is 24.3 Å². The van der Waals surface area contributed by atoms with Gasteiger partial charge in [-0.05, 0) is 36.2 Å². The minimum Gasteiger partial charge on any atom is -0.379 e. The summed E-state index contributed by atoms with van der Waals surface area (Å²) in [5.41, 5.74) is 0.974. The second kappa shape index (κ2) is 9.90. The zero-order valence-electron chi connectivity index (χ0n) is 16.1. The van der Waals surface area contributed by atoms with E-state index in [9.17, 15) is 13.2 Å². The summed E-state index contributed by atoms with van der Waals surface area (Å²) >= 11 is 7.09. The van der Waals surface area contributed by atoms with Gasteiger partial charge in [-0.15, -0.1) is 11.3 Å². The Labute approximate surface area is 180 Å². The average molecular weight is 458 g/mol. The van der Waals surface area contributed by atoms with Gasteiger partial charge in [0.2, 0.25) is 0 Å². The van der Waals surface area contributed by atoms with Gasteiger partial charge in [0.05, 0.1) is 25.8 Å². The van der Waals surface area contributed by atoms with E-state index in [0.717, 1.165) is 16.9 Å². The number of morpholine rings is 1. The van der Waals surface area contributed by atoms with Crippen molar-refractivity contribution in [1.29, 1.82) is 0 Å². The molecule has 0 spiro atoms. The van der Waals surface area contributed by atoms with E-state index in [0.29, 0.717) is 31.3 Å². The number of urea groups is 1. The number of nitrogens with one attached hydrogen (secondary N) is 2. The molecule has 0 bridgehead atoms. The summed E-state index contributed by atoms with van der Waals surface area (Å²) in [5.74, 6) is 0. The Kier molecular flexibility index (Phi) is 7.53. The molecule has 158 valence electrons. The van der Waals surface area contributed by atoms with Crippen molar-refractivity contribution < 1.29 is 17.9 Å². The molecular formula is C19H24ClN3O4S2. The quantitative estimate of drug-likeness (QED) is 0.667. The number of carbonyl (C=O) groups is 1. The van der Waals surface area contributed by atoms with Crippen LogP contribution in [0.1, 0.15) is 29.8 Å². The third-order valence-corrected chi connectivity index (χ3v) is 8.31. The van der Waals surface area contributed by atoms with Crippen molar-refractivity contribution in [3.8, 4) is 0 Å². The fourth-order valence-electron chi connectivity index (χ4n) is 3.00. The van der Waals surface area contributed by atoms with E-state index in [1.165, 1.54) is 15.6 Å². The van der Waals surface area contributed by atoms with Crippen LogP contribution in [0.4, 0.5) is 4.79 Å². The number of halogens is 1. The highest BCUT2D eigenvalue weighted by Gasteiger charge is 2.27. The van der Waals surface area contributed by atoms with Crippen molar-refractivity contribution in [3.63, 3.8) is 0 Å². The van der Waals surface area contributed by atoms with Crippen molar-refractivity contribution in [2.24, 2.45) is 0 Å². The van der Waals surface area contributed by atoms with Gasteiger partial charge in [-0.3, -0.25) is 0 Å². The number of amides is 2. The topological polar surface area (TPSA) is 87.7 Å². The van der Waals surface area contributed by atoms with Crippen LogP contribution in [0, 0.1) is 0 Å². The maximum Gasteiger partial charge on any atom is 0.315 e. The Bertz CT molecular complexity index is 925. The summed E-state index contributed by atoms with van der Waals surface area (Å²) in [6, 6.07) is 10.2. The Morgan fingerprint density at radius 3 is 2.55 bits per heavy atom. The lowest BCUT2D eigenvalue weighted by atomic mass is 10.1. The molecule has 1 aromatic heterocycles. The minimum absolute atomic E-state index is 0.132. The first-order valence-electron chi connectivity index (χ1n) is 9.36. The molecule has 0 aliphatic carbocycles. The highest BCUT2D eigenvalue weighted by molar-refractivity contribution is 7.91. The number of nitrogens with zero attached hydrogens (tertiary/aromatic N) is 1. The zero-order valence-corrected chi connectivity index (χ0v) is 18.4. The minimum atomic E-state index is -3.51. The molecule has 1 aliphatic rings. The molecule has 0 radical (unpaired) electrons. The molecule has 10 heteroatoms. The van der Waals surface area contributed by atoms with Crippen LogP contribution in [-0.2, 0) is 21.3 Å². The van der Waals surface area contributed by atoms with Crippen LogP contribution < -0.4 is 10.6 Å². The molecule has 3 rings (SSSR count). The van der Waals surface area contributed by atoms with Crippen molar-refractivity contribution in [2.75, 3.05) is 26.3 Å². The number of benzene rings is 1. The van der Waals surface area contributed by atoms with Crippen LogP contribution in [0.3, 0.4) is 0 Å². The Morgan fingerprint density at radius 2 is 1.90 bits per heavy atom. The van der Waals surface area contributed by atoms with Crippen molar-refractivity contribution in [1.82, 2.24) is 14.9 Å². The first-order valence-corrected chi connectivity index (χ1v) is 12.0. The maximum atomic E-state index is 12.7. The SMILES string of the molecule is CCC(NC(=O)NCc1ccc(S(=O)(=O)N2CCOCC2)s1)c1ccc(Cl)cc1. The second-order valence-electron chi connectivity index (χ2n) is 6.58. The van der Waals surface area contributed by atoms with E-state index in [4.69, 9.17) is 16.3 Å². The third-order valence-electron chi connectivity index (χ3n) is 4.61. The highest BCUT2D eigenvalue weighted by Crippen LogP contribution is 2.25. The van der Waals surface area contributed by atoms with Gasteiger partial charge < -0.3 is 15.4 Å². The molecule has 1 aromatic carbocycles. The third kappa shape index (κ3) is 5.70. The molecule has 1 fully saturated rings. The number of hydrogen-bond donors (Lipinski definition) is 2. The normalized spacial score (nSPS) is 16.3. The zero-order chi connectivity index (χ0) is 20.9. The van der Waals surface area contributed by atoms with Crippen molar-refractivity contribution in [3.05, 3.63) is 51.9 Å². The summed E-state index contributed by atoms with van der Waals surface area (Å²) in [7, 11) is -3.51. The van der Waals surface area contributed by atoms with Gasteiger partial charge >= 0.3 is 6.03 Å². The number of rotatable bonds is 7. The van der Waals surface area contributed by atoms with Crippen molar-refractivity contribution >= 4 is 39.0 Å². The van der Waals surface area contributed by atoms with Gasteiger partial charge in [-0.2, -0.15) is 4.31 Å². The first kappa shape index (κ1) is 22.0. The van der Waals surface area contributed by atoms with Crippen LogP contribution in [-0.4, -0.2) is 45.1 Å². The number of thiophene rings is 1. The number of hydrogen-bond acceptors (Lipinski definition) is 5. The molecule has 2 N–H and O–H groups in total. The summed E-state index contributed by atoms with van der Waals surface area (Å²) in [4.78, 5) is 13.1. The molecule has 1 saturated heterocycles. The van der Waals surface area contributed by atoms with Crippen molar-refractivity contribution in [2.45, 2.75) is 30.1 Å². The molecular weight excluding hydrogens is 434 g/mol. The monoisotopic (exact) mass is 457 g/mol. The van der Waals surface area contributed by atoms with Crippen LogP contribution in [0.2, 0.25) is 5.02 Å². The average Bonchev–Trinajstić information content (AvgIpc) is 3.22. The first-order chi connectivity index (χ1) is 13.9. The van der Waals surface area contributed by atoms with E-state index in [1.807, 2.05) is 19.1 Å². The standard InChI is InChI=1S/C19H24ClN3O4S2/c1-2-17(14-3-5-15(20)6-4-14)22-19(24)21-13-16-7-8-18(28-16)29(25,26)23-9-11-27-12-10-23/h3-8,17H,2,9-13H2,1H3,(H2,21,22,24). The van der Waals surface area contributed by atoms with Crippen LogP contribution in [0.15, 0.2) is 40.6 Å². The largest absolute Gasteiger partial charge is 0.379 e. The van der Waals surface area contributed by atoms with Crippen LogP contribution >= 0.6 is 22.9 Å². The molecule has 1 atom stereocenters. The molecule has 0 saturated carbocycles. The Balaban J connectivity index is 1.56. The Hall–Kier alpha value is -1.65. The van der Waals surface area contributed by atoms with Crippen LogP contribution in [0.25, 0.3) is 0 Å². The smallest absolute Gasteiger partial charge is 0.315 e. The molecule has 7 nitrogen and oxygen atoms in total. The van der Waals surface area contributed by atoms with E-state index < -0.39 is 10.0 Å². The lowest BCUT2D eigenvalue weighted by Crippen LogP contribution is -2.40. The van der Waals surface area contributed by atoms with E-state index in [-0.39, 0.29) is 22.8 Å². The molecule has 2 heterocycles. The fourth-order valence-corrected chi connectivity index (χ4v) is 5.98. The van der Waals surface area contributed by atoms with E-state index >= 15 is 0 Å². The summed E-state index contributed by atoms with van der Waals surface area (Å²) in [6.07, 6.45) is 0.732. The fraction of sp³-hybridized carbons (Fsp3) is 0.421. The molecule has 2 aromatic rings. The number of carbonyl (C=O) groups excluding carboxylic acids is 1. The predicted octanol–water partition coefficient (Wildman–Crippen LogP) is 3.37. The van der Waals surface area contributed by atoms with Gasteiger partial charge in [0.15, 0.2) is 0 Å². The molecule has 1 aliphatic heterocycles. The van der Waals surface area contributed by atoms with Gasteiger partial charge in [0.1, 0.15) is 4.21 Å².